The first kappa shape index (κ1) is 19.0. The Balaban J connectivity index is 1.67. The van der Waals surface area contributed by atoms with E-state index in [9.17, 15) is 14.9 Å². The van der Waals surface area contributed by atoms with Crippen LogP contribution in [0.25, 0.3) is 0 Å². The minimum atomic E-state index is -0.433. The molecule has 2 aromatic carbocycles. The number of nitrogens with zero attached hydrogens (tertiary/aromatic N) is 3. The smallest absolute Gasteiger partial charge is 0.273 e. The lowest BCUT2D eigenvalue weighted by Gasteiger charge is -2.22. The summed E-state index contributed by atoms with van der Waals surface area (Å²) >= 11 is 0. The summed E-state index contributed by atoms with van der Waals surface area (Å²) in [5.74, 6) is -0.117. The van der Waals surface area contributed by atoms with Gasteiger partial charge < -0.3 is 4.90 Å². The van der Waals surface area contributed by atoms with Crippen LogP contribution in [0, 0.1) is 24.0 Å². The molecule has 1 saturated heterocycles. The molecule has 0 spiro atoms. The zero-order valence-electron chi connectivity index (χ0n) is 15.9. The van der Waals surface area contributed by atoms with E-state index in [2.05, 4.69) is 36.1 Å². The summed E-state index contributed by atoms with van der Waals surface area (Å²) in [6.07, 6.45) is 0.894. The van der Waals surface area contributed by atoms with Crippen LogP contribution < -0.4 is 0 Å². The highest BCUT2D eigenvalue weighted by Gasteiger charge is 2.24. The second kappa shape index (κ2) is 8.31. The number of aryl methyl sites for hydroxylation is 1. The van der Waals surface area contributed by atoms with Gasteiger partial charge in [0.25, 0.3) is 11.6 Å². The largest absolute Gasteiger partial charge is 0.337 e. The van der Waals surface area contributed by atoms with E-state index in [4.69, 9.17) is 0 Å². The molecule has 1 amide bonds. The molecule has 142 valence electrons. The molecule has 0 atom stereocenters. The number of rotatable bonds is 4. The first-order chi connectivity index (χ1) is 13.0. The molecule has 0 N–H and O–H groups in total. The molecule has 0 bridgehead atoms. The summed E-state index contributed by atoms with van der Waals surface area (Å²) < 4.78 is 0. The molecule has 2 aromatic rings. The summed E-state index contributed by atoms with van der Waals surface area (Å²) in [6.45, 7) is 7.64. The molecular weight excluding hydrogens is 342 g/mol. The van der Waals surface area contributed by atoms with Crippen LogP contribution in [0.1, 0.15) is 33.5 Å². The number of carbonyl (C=O) groups excluding carboxylic acids is 1. The Kier molecular flexibility index (Phi) is 5.86. The number of carbonyl (C=O) groups is 1. The van der Waals surface area contributed by atoms with E-state index in [-0.39, 0.29) is 11.6 Å². The van der Waals surface area contributed by atoms with Crippen molar-refractivity contribution in [2.24, 2.45) is 0 Å². The third-order valence-electron chi connectivity index (χ3n) is 5.13. The maximum atomic E-state index is 12.9. The zero-order valence-corrected chi connectivity index (χ0v) is 15.9. The fraction of sp³-hybridized carbons (Fsp3) is 0.381. The van der Waals surface area contributed by atoms with Gasteiger partial charge in [-0.15, -0.1) is 0 Å². The average molecular weight is 367 g/mol. The lowest BCUT2D eigenvalue weighted by molar-refractivity contribution is -0.385. The standard InChI is InChI=1S/C21H25N3O3/c1-16-7-9-18(10-8-16)15-22-11-4-12-23(14-13-22)21(25)19-5-3-6-20(17(19)2)24(26)27/h3,5-10H,4,11-15H2,1-2H3. The van der Waals surface area contributed by atoms with Crippen molar-refractivity contribution >= 4 is 11.6 Å². The predicted molar refractivity (Wildman–Crippen MR) is 105 cm³/mol. The van der Waals surface area contributed by atoms with Gasteiger partial charge in [-0.25, -0.2) is 0 Å². The van der Waals surface area contributed by atoms with Gasteiger partial charge in [-0.2, -0.15) is 0 Å². The SMILES string of the molecule is Cc1ccc(CN2CCCN(C(=O)c3cccc([N+](=O)[O-])c3C)CC2)cc1. The normalized spacial score (nSPS) is 15.4. The number of hydrogen-bond acceptors (Lipinski definition) is 4. The number of benzene rings is 2. The van der Waals surface area contributed by atoms with Crippen molar-refractivity contribution in [3.05, 3.63) is 74.8 Å². The Hall–Kier alpha value is -2.73. The molecular formula is C21H25N3O3. The van der Waals surface area contributed by atoms with Crippen LogP contribution in [0.5, 0.6) is 0 Å². The van der Waals surface area contributed by atoms with E-state index in [0.717, 1.165) is 26.1 Å². The van der Waals surface area contributed by atoms with Crippen molar-refractivity contribution in [2.75, 3.05) is 26.2 Å². The number of amides is 1. The van der Waals surface area contributed by atoms with Gasteiger partial charge in [-0.3, -0.25) is 19.8 Å². The molecule has 1 aliphatic rings. The lowest BCUT2D eigenvalue weighted by atomic mass is 10.1. The maximum absolute atomic E-state index is 12.9. The highest BCUT2D eigenvalue weighted by molar-refractivity contribution is 5.96. The third kappa shape index (κ3) is 4.52. The van der Waals surface area contributed by atoms with Crippen LogP contribution in [-0.4, -0.2) is 46.8 Å². The molecule has 1 heterocycles. The van der Waals surface area contributed by atoms with Crippen molar-refractivity contribution in [3.63, 3.8) is 0 Å². The van der Waals surface area contributed by atoms with E-state index >= 15 is 0 Å². The third-order valence-corrected chi connectivity index (χ3v) is 5.13. The molecule has 3 rings (SSSR count). The van der Waals surface area contributed by atoms with Gasteiger partial charge in [0, 0.05) is 49.9 Å². The fourth-order valence-electron chi connectivity index (χ4n) is 3.51. The van der Waals surface area contributed by atoms with E-state index in [0.29, 0.717) is 24.2 Å². The van der Waals surface area contributed by atoms with Gasteiger partial charge in [-0.05, 0) is 31.9 Å². The van der Waals surface area contributed by atoms with Crippen molar-refractivity contribution in [1.29, 1.82) is 0 Å². The topological polar surface area (TPSA) is 66.7 Å². The minimum absolute atomic E-state index is 0.00308. The molecule has 0 unspecified atom stereocenters. The highest BCUT2D eigenvalue weighted by Crippen LogP contribution is 2.23. The zero-order chi connectivity index (χ0) is 19.4. The van der Waals surface area contributed by atoms with Crippen LogP contribution in [0.15, 0.2) is 42.5 Å². The molecule has 0 saturated carbocycles. The molecule has 0 aliphatic carbocycles. The van der Waals surface area contributed by atoms with Gasteiger partial charge in [0.2, 0.25) is 0 Å². The van der Waals surface area contributed by atoms with Crippen LogP contribution in [0.3, 0.4) is 0 Å². The number of nitro groups is 1. The monoisotopic (exact) mass is 367 g/mol. The molecule has 1 aliphatic heterocycles. The Morgan fingerprint density at radius 2 is 1.78 bits per heavy atom. The van der Waals surface area contributed by atoms with Crippen molar-refractivity contribution in [1.82, 2.24) is 9.80 Å². The summed E-state index contributed by atoms with van der Waals surface area (Å²) in [5, 5.41) is 11.1. The molecule has 6 heteroatoms. The second-order valence-electron chi connectivity index (χ2n) is 7.11. The van der Waals surface area contributed by atoms with Gasteiger partial charge in [0.15, 0.2) is 0 Å². The summed E-state index contributed by atoms with van der Waals surface area (Å²) in [6, 6.07) is 13.2. The molecule has 27 heavy (non-hydrogen) atoms. The van der Waals surface area contributed by atoms with E-state index in [1.807, 2.05) is 4.90 Å². The summed E-state index contributed by atoms with van der Waals surface area (Å²) in [5.41, 5.74) is 3.38. The van der Waals surface area contributed by atoms with Gasteiger partial charge in [0.05, 0.1) is 4.92 Å². The highest BCUT2D eigenvalue weighted by atomic mass is 16.6. The molecule has 0 aromatic heterocycles. The maximum Gasteiger partial charge on any atom is 0.273 e. The lowest BCUT2D eigenvalue weighted by Crippen LogP contribution is -2.35. The number of hydrogen-bond donors (Lipinski definition) is 0. The minimum Gasteiger partial charge on any atom is -0.337 e. The van der Waals surface area contributed by atoms with Crippen molar-refractivity contribution in [3.8, 4) is 0 Å². The van der Waals surface area contributed by atoms with Crippen LogP contribution in [0.4, 0.5) is 5.69 Å². The average Bonchev–Trinajstić information content (AvgIpc) is 2.88. The van der Waals surface area contributed by atoms with Crippen LogP contribution in [0.2, 0.25) is 0 Å². The Morgan fingerprint density at radius 3 is 2.48 bits per heavy atom. The summed E-state index contributed by atoms with van der Waals surface area (Å²) in [4.78, 5) is 27.8. The van der Waals surface area contributed by atoms with Crippen molar-refractivity contribution in [2.45, 2.75) is 26.8 Å². The van der Waals surface area contributed by atoms with Gasteiger partial charge in [-0.1, -0.05) is 35.9 Å². The van der Waals surface area contributed by atoms with Crippen LogP contribution in [-0.2, 0) is 6.54 Å². The Labute approximate surface area is 159 Å². The van der Waals surface area contributed by atoms with Gasteiger partial charge >= 0.3 is 0 Å². The Bertz CT molecular complexity index is 833. The van der Waals surface area contributed by atoms with E-state index < -0.39 is 4.92 Å². The second-order valence-corrected chi connectivity index (χ2v) is 7.11. The predicted octanol–water partition coefficient (Wildman–Crippen LogP) is 3.56. The fourth-order valence-corrected chi connectivity index (χ4v) is 3.51. The quantitative estimate of drug-likeness (QED) is 0.612. The summed E-state index contributed by atoms with van der Waals surface area (Å²) in [7, 11) is 0. The molecule has 0 radical (unpaired) electrons. The number of nitro benzene ring substituents is 1. The van der Waals surface area contributed by atoms with Crippen LogP contribution >= 0.6 is 0 Å². The van der Waals surface area contributed by atoms with Crippen molar-refractivity contribution < 1.29 is 9.72 Å². The molecule has 1 fully saturated rings. The Morgan fingerprint density at radius 1 is 1.04 bits per heavy atom. The first-order valence-corrected chi connectivity index (χ1v) is 9.27. The van der Waals surface area contributed by atoms with E-state index in [1.165, 1.54) is 17.2 Å². The molecule has 6 nitrogen and oxygen atoms in total. The van der Waals surface area contributed by atoms with E-state index in [1.54, 1.807) is 19.1 Å². The van der Waals surface area contributed by atoms with Gasteiger partial charge in [0.1, 0.15) is 0 Å². The first-order valence-electron chi connectivity index (χ1n) is 9.27.